The highest BCUT2D eigenvalue weighted by molar-refractivity contribution is 5.88. The van der Waals surface area contributed by atoms with Gasteiger partial charge < -0.3 is 5.32 Å². The average molecular weight is 193 g/mol. The van der Waals surface area contributed by atoms with Crippen LogP contribution in [0, 0.1) is 11.8 Å². The van der Waals surface area contributed by atoms with E-state index in [2.05, 4.69) is 24.1 Å². The summed E-state index contributed by atoms with van der Waals surface area (Å²) in [6.07, 6.45) is 4.34. The summed E-state index contributed by atoms with van der Waals surface area (Å²) in [7, 11) is 0. The number of carbonyl (C=O) groups is 1. The molecule has 0 aromatic rings. The molecule has 0 saturated carbocycles. The Morgan fingerprint density at radius 1 is 1.57 bits per heavy atom. The predicted molar refractivity (Wildman–Crippen MR) is 57.9 cm³/mol. The first-order valence-electron chi connectivity index (χ1n) is 5.43. The Balaban J connectivity index is 2.50. The lowest BCUT2D eigenvalue weighted by Crippen LogP contribution is -2.46. The second-order valence-electron chi connectivity index (χ2n) is 3.82. The molecule has 1 heterocycles. The van der Waals surface area contributed by atoms with Crippen molar-refractivity contribution in [1.29, 1.82) is 0 Å². The van der Waals surface area contributed by atoms with Crippen LogP contribution in [0.15, 0.2) is 0 Å². The molecule has 1 N–H and O–H groups in total. The highest BCUT2D eigenvalue weighted by atomic mass is 16.1. The summed E-state index contributed by atoms with van der Waals surface area (Å²) in [6, 6.07) is 0. The Morgan fingerprint density at radius 3 is 2.86 bits per heavy atom. The molecule has 0 bridgehead atoms. The van der Waals surface area contributed by atoms with Crippen LogP contribution in [0.25, 0.3) is 0 Å². The van der Waals surface area contributed by atoms with Crippen molar-refractivity contribution in [2.45, 2.75) is 51.5 Å². The number of hydrogen-bond acceptors (Lipinski definition) is 2. The minimum absolute atomic E-state index is 0.213. The van der Waals surface area contributed by atoms with Gasteiger partial charge in [0.1, 0.15) is 0 Å². The lowest BCUT2D eigenvalue weighted by molar-refractivity contribution is -0.125. The molecule has 0 spiro atoms. The Morgan fingerprint density at radius 2 is 2.36 bits per heavy atom. The van der Waals surface area contributed by atoms with Crippen LogP contribution in [0.4, 0.5) is 0 Å². The van der Waals surface area contributed by atoms with Crippen molar-refractivity contribution in [3.63, 3.8) is 0 Å². The lowest BCUT2D eigenvalue weighted by Gasteiger charge is -2.26. The third-order valence-electron chi connectivity index (χ3n) is 3.03. The summed E-state index contributed by atoms with van der Waals surface area (Å²) >= 11 is 0. The summed E-state index contributed by atoms with van der Waals surface area (Å²) in [6.45, 7) is 4.88. The van der Waals surface area contributed by atoms with E-state index >= 15 is 0 Å². The van der Waals surface area contributed by atoms with Gasteiger partial charge in [-0.1, -0.05) is 6.92 Å². The van der Waals surface area contributed by atoms with Gasteiger partial charge in [0.15, 0.2) is 5.78 Å². The predicted octanol–water partition coefficient (Wildman–Crippen LogP) is 1.89. The largest absolute Gasteiger partial charge is 0.305 e. The van der Waals surface area contributed by atoms with Gasteiger partial charge in [0, 0.05) is 12.8 Å². The average Bonchev–Trinajstić information content (AvgIpc) is 2.67. The number of carbonyl (C=O) groups excluding carboxylic acids is 1. The molecule has 1 aliphatic heterocycles. The summed E-state index contributed by atoms with van der Waals surface area (Å²) in [5, 5.41) is 3.35. The molecule has 0 aromatic carbocycles. The second kappa shape index (κ2) is 5.17. The SMILES string of the molecule is CC#CCCC(=O)C1(CC)CCCN1. The second-order valence-corrected chi connectivity index (χ2v) is 3.82. The standard InChI is InChI=1S/C12H19NO/c1-3-5-6-8-11(14)12(4-2)9-7-10-13-12/h13H,4,6-10H2,1-2H3. The Hall–Kier alpha value is -0.810. The number of ketones is 1. The van der Waals surface area contributed by atoms with E-state index in [0.29, 0.717) is 18.6 Å². The molecule has 2 heteroatoms. The molecule has 1 rings (SSSR count). The minimum Gasteiger partial charge on any atom is -0.305 e. The van der Waals surface area contributed by atoms with Gasteiger partial charge >= 0.3 is 0 Å². The van der Waals surface area contributed by atoms with Gasteiger partial charge in [-0.3, -0.25) is 4.79 Å². The monoisotopic (exact) mass is 193 g/mol. The molecule has 1 fully saturated rings. The molecule has 78 valence electrons. The highest BCUT2D eigenvalue weighted by Crippen LogP contribution is 2.25. The van der Waals surface area contributed by atoms with Crippen LogP contribution < -0.4 is 5.32 Å². The van der Waals surface area contributed by atoms with E-state index in [1.165, 1.54) is 0 Å². The number of hydrogen-bond donors (Lipinski definition) is 1. The topological polar surface area (TPSA) is 29.1 Å². The maximum absolute atomic E-state index is 11.9. The van der Waals surface area contributed by atoms with Gasteiger partial charge in [0.25, 0.3) is 0 Å². The van der Waals surface area contributed by atoms with Crippen LogP contribution in [-0.2, 0) is 4.79 Å². The van der Waals surface area contributed by atoms with Crippen LogP contribution in [0.5, 0.6) is 0 Å². The first-order valence-corrected chi connectivity index (χ1v) is 5.43. The minimum atomic E-state index is -0.213. The Labute approximate surface area is 86.5 Å². The first-order chi connectivity index (χ1) is 6.75. The molecule has 1 unspecified atom stereocenters. The molecule has 0 aromatic heterocycles. The van der Waals surface area contributed by atoms with Crippen molar-refractivity contribution >= 4 is 5.78 Å². The smallest absolute Gasteiger partial charge is 0.153 e. The molecular weight excluding hydrogens is 174 g/mol. The highest BCUT2D eigenvalue weighted by Gasteiger charge is 2.37. The van der Waals surface area contributed by atoms with Crippen molar-refractivity contribution in [3.05, 3.63) is 0 Å². The van der Waals surface area contributed by atoms with Gasteiger partial charge in [-0.25, -0.2) is 0 Å². The fraction of sp³-hybridized carbons (Fsp3) is 0.750. The van der Waals surface area contributed by atoms with E-state index in [-0.39, 0.29) is 5.54 Å². The third kappa shape index (κ3) is 2.36. The number of nitrogens with one attached hydrogen (secondary N) is 1. The van der Waals surface area contributed by atoms with Crippen molar-refractivity contribution < 1.29 is 4.79 Å². The molecule has 1 atom stereocenters. The van der Waals surface area contributed by atoms with Crippen LogP contribution >= 0.6 is 0 Å². The zero-order valence-corrected chi connectivity index (χ0v) is 9.15. The molecule has 1 saturated heterocycles. The Kier molecular flexibility index (Phi) is 4.16. The molecule has 0 radical (unpaired) electrons. The zero-order valence-electron chi connectivity index (χ0n) is 9.15. The number of rotatable bonds is 4. The van der Waals surface area contributed by atoms with E-state index in [1.807, 2.05) is 6.92 Å². The number of Topliss-reactive ketones (excluding diaryl/α,β-unsaturated/α-hetero) is 1. The lowest BCUT2D eigenvalue weighted by atomic mass is 9.87. The van der Waals surface area contributed by atoms with Crippen molar-refractivity contribution in [2.75, 3.05) is 6.54 Å². The van der Waals surface area contributed by atoms with Crippen LogP contribution in [0.1, 0.15) is 46.0 Å². The van der Waals surface area contributed by atoms with E-state index in [4.69, 9.17) is 0 Å². The fourth-order valence-electron chi connectivity index (χ4n) is 2.08. The molecule has 0 amide bonds. The van der Waals surface area contributed by atoms with Crippen LogP contribution in [-0.4, -0.2) is 17.9 Å². The molecule has 2 nitrogen and oxygen atoms in total. The molecule has 0 aliphatic carbocycles. The summed E-state index contributed by atoms with van der Waals surface area (Å²) in [5.41, 5.74) is -0.213. The molecule has 14 heavy (non-hydrogen) atoms. The normalized spacial score (nSPS) is 25.6. The maximum atomic E-state index is 11.9. The zero-order chi connectivity index (χ0) is 10.4. The van der Waals surface area contributed by atoms with Crippen molar-refractivity contribution in [2.24, 2.45) is 0 Å². The van der Waals surface area contributed by atoms with Crippen molar-refractivity contribution in [3.8, 4) is 11.8 Å². The quantitative estimate of drug-likeness (QED) is 0.691. The van der Waals surface area contributed by atoms with Gasteiger partial charge in [0.05, 0.1) is 5.54 Å². The third-order valence-corrected chi connectivity index (χ3v) is 3.03. The van der Waals surface area contributed by atoms with Crippen molar-refractivity contribution in [1.82, 2.24) is 5.32 Å². The van der Waals surface area contributed by atoms with Crippen LogP contribution in [0.3, 0.4) is 0 Å². The first kappa shape index (κ1) is 11.3. The van der Waals surface area contributed by atoms with Gasteiger partial charge in [-0.05, 0) is 32.7 Å². The van der Waals surface area contributed by atoms with E-state index in [9.17, 15) is 4.79 Å². The molecular formula is C12H19NO. The van der Waals surface area contributed by atoms with Crippen LogP contribution in [0.2, 0.25) is 0 Å². The fourth-order valence-corrected chi connectivity index (χ4v) is 2.08. The maximum Gasteiger partial charge on any atom is 0.153 e. The van der Waals surface area contributed by atoms with E-state index < -0.39 is 0 Å². The summed E-state index contributed by atoms with van der Waals surface area (Å²) < 4.78 is 0. The van der Waals surface area contributed by atoms with E-state index in [1.54, 1.807) is 0 Å². The summed E-state index contributed by atoms with van der Waals surface area (Å²) in [4.78, 5) is 11.9. The van der Waals surface area contributed by atoms with Gasteiger partial charge in [-0.15, -0.1) is 11.8 Å². The molecule has 1 aliphatic rings. The summed E-state index contributed by atoms with van der Waals surface area (Å²) in [5.74, 6) is 6.11. The Bertz CT molecular complexity index is 253. The van der Waals surface area contributed by atoms with E-state index in [0.717, 1.165) is 25.8 Å². The van der Waals surface area contributed by atoms with Gasteiger partial charge in [-0.2, -0.15) is 0 Å². The van der Waals surface area contributed by atoms with Gasteiger partial charge in [0.2, 0.25) is 0 Å².